The third-order valence-electron chi connectivity index (χ3n) is 3.43. The quantitative estimate of drug-likeness (QED) is 0.237. The molecule has 0 atom stereocenters. The largest absolute Gasteiger partial charge is 0.399 e. The van der Waals surface area contributed by atoms with E-state index in [0.29, 0.717) is 26.0 Å². The molecule has 0 spiro atoms. The average molecular weight is 528 g/mol. The number of rotatable bonds is 4. The first kappa shape index (κ1) is 22.2. The minimum Gasteiger partial charge on any atom is -0.399 e. The van der Waals surface area contributed by atoms with Crippen LogP contribution in [0, 0.1) is 26.0 Å². The molecule has 0 saturated heterocycles. The van der Waals surface area contributed by atoms with Crippen molar-refractivity contribution in [3.63, 3.8) is 0 Å². The fourth-order valence-corrected chi connectivity index (χ4v) is 2.86. The van der Waals surface area contributed by atoms with Gasteiger partial charge in [-0.25, -0.2) is 0 Å². The number of nitrogens with one attached hydrogen (secondary N) is 1. The predicted octanol–water partition coefficient (Wildman–Crippen LogP) is 6.18. The van der Waals surface area contributed by atoms with Gasteiger partial charge in [0, 0.05) is 32.5 Å². The normalized spacial score (nSPS) is 9.90. The van der Waals surface area contributed by atoms with E-state index in [-0.39, 0.29) is 5.69 Å². The Kier molecular flexibility index (Phi) is 7.62. The van der Waals surface area contributed by atoms with Gasteiger partial charge < -0.3 is 11.1 Å². The van der Waals surface area contributed by atoms with Gasteiger partial charge in [0.15, 0.2) is 0 Å². The van der Waals surface area contributed by atoms with Crippen LogP contribution in [0.3, 0.4) is 0 Å². The molecule has 8 nitrogen and oxygen atoms in total. The number of hydrogen-bond acceptors (Lipinski definition) is 6. The first-order chi connectivity index (χ1) is 13.7. The summed E-state index contributed by atoms with van der Waals surface area (Å²) in [6.07, 6.45) is 0. The molecule has 0 aliphatic rings. The molecule has 29 heavy (non-hydrogen) atoms. The molecule has 0 amide bonds. The van der Waals surface area contributed by atoms with Gasteiger partial charge in [-0.2, -0.15) is 4.39 Å². The van der Waals surface area contributed by atoms with E-state index in [0.717, 1.165) is 12.1 Å². The van der Waals surface area contributed by atoms with Crippen LogP contribution >= 0.6 is 31.9 Å². The van der Waals surface area contributed by atoms with Gasteiger partial charge in [-0.05, 0) is 42.5 Å². The lowest BCUT2D eigenvalue weighted by Gasteiger charge is -2.07. The highest BCUT2D eigenvalue weighted by Gasteiger charge is 2.14. The number of nitro groups is 2. The summed E-state index contributed by atoms with van der Waals surface area (Å²) in [5.41, 5.74) is 6.88. The molecule has 0 heterocycles. The molecule has 11 heteroatoms. The third-order valence-corrected chi connectivity index (χ3v) is 4.41. The van der Waals surface area contributed by atoms with Gasteiger partial charge >= 0.3 is 5.69 Å². The second kappa shape index (κ2) is 9.94. The summed E-state index contributed by atoms with van der Waals surface area (Å²) in [7, 11) is 0. The Morgan fingerprint density at radius 3 is 2.00 bits per heavy atom. The van der Waals surface area contributed by atoms with Crippen molar-refractivity contribution in [1.82, 2.24) is 0 Å². The molecular weight excluding hydrogens is 515 g/mol. The topological polar surface area (TPSA) is 124 Å². The van der Waals surface area contributed by atoms with Crippen LogP contribution in [0.15, 0.2) is 69.6 Å². The molecule has 0 radical (unpaired) electrons. The fourth-order valence-electron chi connectivity index (χ4n) is 2.16. The summed E-state index contributed by atoms with van der Waals surface area (Å²) in [5.74, 6) is -0.821. The van der Waals surface area contributed by atoms with Crippen molar-refractivity contribution < 1.29 is 14.2 Å². The van der Waals surface area contributed by atoms with Crippen molar-refractivity contribution in [1.29, 1.82) is 0 Å². The maximum Gasteiger partial charge on any atom is 0.305 e. The molecule has 0 unspecified atom stereocenters. The Bertz CT molecular complexity index is 1070. The van der Waals surface area contributed by atoms with Gasteiger partial charge in [-0.1, -0.05) is 37.9 Å². The molecule has 0 saturated carbocycles. The number of benzene rings is 3. The predicted molar refractivity (Wildman–Crippen MR) is 116 cm³/mol. The lowest BCUT2D eigenvalue weighted by atomic mass is 10.2. The number of nitrogen functional groups attached to an aromatic ring is 1. The lowest BCUT2D eigenvalue weighted by Crippen LogP contribution is -1.97. The summed E-state index contributed by atoms with van der Waals surface area (Å²) in [4.78, 5) is 19.9. The lowest BCUT2D eigenvalue weighted by molar-refractivity contribution is -0.387. The van der Waals surface area contributed by atoms with Gasteiger partial charge in [0.25, 0.3) is 5.69 Å². The van der Waals surface area contributed by atoms with Crippen molar-refractivity contribution in [2.24, 2.45) is 0 Å². The maximum atomic E-state index is 12.6. The maximum absolute atomic E-state index is 12.6. The van der Waals surface area contributed by atoms with E-state index < -0.39 is 21.4 Å². The monoisotopic (exact) mass is 526 g/mol. The summed E-state index contributed by atoms with van der Waals surface area (Å²) >= 11 is 6.20. The highest BCUT2D eigenvalue weighted by molar-refractivity contribution is 9.10. The van der Waals surface area contributed by atoms with Crippen LogP contribution in [0.2, 0.25) is 0 Å². The van der Waals surface area contributed by atoms with Crippen molar-refractivity contribution in [2.75, 3.05) is 11.1 Å². The van der Waals surface area contributed by atoms with Gasteiger partial charge in [0.2, 0.25) is 5.82 Å². The van der Waals surface area contributed by atoms with Crippen LogP contribution in [-0.2, 0) is 0 Å². The summed E-state index contributed by atoms with van der Waals surface area (Å²) < 4.78 is 13.7. The van der Waals surface area contributed by atoms with Gasteiger partial charge in [-0.15, -0.1) is 0 Å². The van der Waals surface area contributed by atoms with Crippen LogP contribution < -0.4 is 11.1 Å². The second-order valence-electron chi connectivity index (χ2n) is 5.52. The van der Waals surface area contributed by atoms with Crippen LogP contribution in [0.25, 0.3) is 0 Å². The molecular formula is C18H13Br2FN4O4. The van der Waals surface area contributed by atoms with E-state index in [4.69, 9.17) is 5.73 Å². The van der Waals surface area contributed by atoms with Crippen LogP contribution in [0.4, 0.5) is 32.8 Å². The zero-order valence-corrected chi connectivity index (χ0v) is 17.7. The summed E-state index contributed by atoms with van der Waals surface area (Å²) in [5, 5.41) is 24.0. The first-order valence-electron chi connectivity index (χ1n) is 7.83. The fraction of sp³-hybridized carbons (Fsp3) is 0. The number of hydrogen-bond donors (Lipinski definition) is 2. The summed E-state index contributed by atoms with van der Waals surface area (Å²) in [6.45, 7) is 0. The molecule has 3 N–H and O–H groups in total. The molecule has 0 fully saturated rings. The number of nitrogens with two attached hydrogens (primary N) is 1. The van der Waals surface area contributed by atoms with E-state index in [1.165, 1.54) is 12.1 Å². The number of halogens is 3. The minimum absolute atomic E-state index is 0.00630. The van der Waals surface area contributed by atoms with Crippen LogP contribution in [-0.4, -0.2) is 9.85 Å². The van der Waals surface area contributed by atoms with E-state index >= 15 is 0 Å². The number of nitrogens with zero attached hydrogens (tertiary/aromatic N) is 2. The Morgan fingerprint density at radius 2 is 1.45 bits per heavy atom. The Balaban J connectivity index is 0.000000234. The third kappa shape index (κ3) is 6.50. The molecule has 3 rings (SSSR count). The highest BCUT2D eigenvalue weighted by atomic mass is 79.9. The zero-order valence-electron chi connectivity index (χ0n) is 14.5. The van der Waals surface area contributed by atoms with Crippen molar-refractivity contribution in [3.8, 4) is 0 Å². The standard InChI is InChI=1S/C12H10BrN3O2.C6H3BrFNO2/c13-8-4-5-11(12(6-8)16(17)18)15-10-3-1-2-9(14)7-10;7-4-1-2-5(8)6(3-4)9(10)11/h1-7,15H,14H2;1-3H. The van der Waals surface area contributed by atoms with Crippen molar-refractivity contribution in [3.05, 3.63) is 95.7 Å². The summed E-state index contributed by atoms with van der Waals surface area (Å²) in [6, 6.07) is 15.4. The molecule has 3 aromatic rings. The molecule has 0 aliphatic heterocycles. The van der Waals surface area contributed by atoms with Gasteiger partial charge in [-0.3, -0.25) is 20.2 Å². The number of nitro benzene ring substituents is 2. The van der Waals surface area contributed by atoms with Crippen molar-refractivity contribution in [2.45, 2.75) is 0 Å². The van der Waals surface area contributed by atoms with E-state index in [2.05, 4.69) is 37.2 Å². The van der Waals surface area contributed by atoms with E-state index in [1.54, 1.807) is 36.4 Å². The van der Waals surface area contributed by atoms with E-state index in [9.17, 15) is 24.6 Å². The minimum atomic E-state index is -0.821. The van der Waals surface area contributed by atoms with Crippen molar-refractivity contribution >= 4 is 60.3 Å². The molecule has 0 bridgehead atoms. The molecule has 3 aromatic carbocycles. The Hall–Kier alpha value is -3.05. The van der Waals surface area contributed by atoms with Crippen LogP contribution in [0.5, 0.6) is 0 Å². The first-order valence-corrected chi connectivity index (χ1v) is 9.42. The molecule has 0 aromatic heterocycles. The number of anilines is 3. The Morgan fingerprint density at radius 1 is 0.862 bits per heavy atom. The van der Waals surface area contributed by atoms with Gasteiger partial charge in [0.05, 0.1) is 9.85 Å². The zero-order chi connectivity index (χ0) is 21.6. The second-order valence-corrected chi connectivity index (χ2v) is 7.35. The highest BCUT2D eigenvalue weighted by Crippen LogP contribution is 2.30. The van der Waals surface area contributed by atoms with E-state index in [1.807, 2.05) is 0 Å². The smallest absolute Gasteiger partial charge is 0.305 e. The SMILES string of the molecule is Nc1cccc(Nc2ccc(Br)cc2[N+](=O)[O-])c1.O=[N+]([O-])c1cc(Br)ccc1F. The average Bonchev–Trinajstić information content (AvgIpc) is 2.65. The molecule has 150 valence electrons. The van der Waals surface area contributed by atoms with Crippen LogP contribution in [0.1, 0.15) is 0 Å². The molecule has 0 aliphatic carbocycles. The Labute approximate surface area is 181 Å². The van der Waals surface area contributed by atoms with Gasteiger partial charge in [0.1, 0.15) is 5.69 Å².